The van der Waals surface area contributed by atoms with Crippen LogP contribution in [0.1, 0.15) is 375 Å². The molecule has 0 aromatic carbocycles. The molecule has 434 valence electrons. The number of hydrogen-bond donors (Lipinski definition) is 0. The van der Waals surface area contributed by atoms with Gasteiger partial charge in [-0.05, 0) is 37.0 Å². The molecular formula is C67H130O6. The van der Waals surface area contributed by atoms with Crippen molar-refractivity contribution in [2.24, 2.45) is 17.8 Å². The molecule has 0 unspecified atom stereocenters. The van der Waals surface area contributed by atoms with E-state index in [0.29, 0.717) is 19.3 Å². The van der Waals surface area contributed by atoms with Crippen molar-refractivity contribution in [3.8, 4) is 0 Å². The van der Waals surface area contributed by atoms with Crippen molar-refractivity contribution in [2.45, 2.75) is 382 Å². The van der Waals surface area contributed by atoms with Crippen LogP contribution < -0.4 is 0 Å². The fraction of sp³-hybridized carbons (Fsp3) is 0.955. The Hall–Kier alpha value is -1.59. The van der Waals surface area contributed by atoms with E-state index in [0.717, 1.165) is 75.5 Å². The molecule has 0 saturated carbocycles. The Morgan fingerprint density at radius 2 is 0.397 bits per heavy atom. The van der Waals surface area contributed by atoms with Gasteiger partial charge in [0.1, 0.15) is 13.2 Å². The average Bonchev–Trinajstić information content (AvgIpc) is 3.35. The van der Waals surface area contributed by atoms with Crippen LogP contribution in [0.4, 0.5) is 0 Å². The van der Waals surface area contributed by atoms with E-state index in [9.17, 15) is 14.4 Å². The van der Waals surface area contributed by atoms with Crippen LogP contribution in [0, 0.1) is 17.8 Å². The fourth-order valence-electron chi connectivity index (χ4n) is 10.4. The molecule has 0 aromatic rings. The molecule has 1 atom stereocenters. The molecule has 0 rings (SSSR count). The first kappa shape index (κ1) is 71.4. The highest BCUT2D eigenvalue weighted by Gasteiger charge is 2.19. The summed E-state index contributed by atoms with van der Waals surface area (Å²) in [4.78, 5) is 38.4. The van der Waals surface area contributed by atoms with Crippen LogP contribution in [-0.4, -0.2) is 37.2 Å². The zero-order valence-electron chi connectivity index (χ0n) is 50.4. The van der Waals surface area contributed by atoms with Crippen LogP contribution in [-0.2, 0) is 28.6 Å². The van der Waals surface area contributed by atoms with E-state index in [1.54, 1.807) is 0 Å². The van der Waals surface area contributed by atoms with Crippen molar-refractivity contribution in [1.29, 1.82) is 0 Å². The van der Waals surface area contributed by atoms with E-state index in [2.05, 4.69) is 41.5 Å². The lowest BCUT2D eigenvalue weighted by Crippen LogP contribution is -2.30. The molecule has 0 radical (unpaired) electrons. The second kappa shape index (κ2) is 58.1. The summed E-state index contributed by atoms with van der Waals surface area (Å²) in [5.74, 6) is 1.71. The molecular weight excluding hydrogens is 901 g/mol. The van der Waals surface area contributed by atoms with E-state index in [-0.39, 0.29) is 31.1 Å². The van der Waals surface area contributed by atoms with Gasteiger partial charge in [-0.15, -0.1) is 0 Å². The molecule has 0 aromatic heterocycles. The zero-order chi connectivity index (χ0) is 53.3. The summed E-state index contributed by atoms with van der Waals surface area (Å²) in [6.07, 6.45) is 63.9. The Kier molecular flexibility index (Phi) is 56.8. The average molecular weight is 1030 g/mol. The van der Waals surface area contributed by atoms with Crippen LogP contribution in [0.5, 0.6) is 0 Å². The summed E-state index contributed by atoms with van der Waals surface area (Å²) >= 11 is 0. The number of hydrogen-bond acceptors (Lipinski definition) is 6. The highest BCUT2D eigenvalue weighted by molar-refractivity contribution is 5.71. The van der Waals surface area contributed by atoms with Crippen LogP contribution in [0.15, 0.2) is 0 Å². The van der Waals surface area contributed by atoms with Crippen molar-refractivity contribution >= 4 is 17.9 Å². The molecule has 0 saturated heterocycles. The second-order valence-corrected chi connectivity index (χ2v) is 24.5. The molecule has 0 spiro atoms. The molecule has 0 amide bonds. The summed E-state index contributed by atoms with van der Waals surface area (Å²) in [6, 6.07) is 0. The number of rotatable bonds is 60. The van der Waals surface area contributed by atoms with Gasteiger partial charge in [-0.1, -0.05) is 337 Å². The Balaban J connectivity index is 4.27. The lowest BCUT2D eigenvalue weighted by atomic mass is 10.0. The molecule has 6 heteroatoms. The Labute approximate surface area is 457 Å². The minimum atomic E-state index is -0.765. The van der Waals surface area contributed by atoms with Crippen molar-refractivity contribution in [1.82, 2.24) is 0 Å². The summed E-state index contributed by atoms with van der Waals surface area (Å²) < 4.78 is 17.0. The standard InChI is InChI=1S/C67H130O6/c1-61(2)53-47-41-35-29-23-17-13-9-7-8-10-15-19-26-32-38-44-50-56-65(68)71-59-64(60-72-66(69)57-51-45-39-33-27-22-21-25-31-37-43-49-55-63(5)6)73-67(70)58-52-46-40-34-28-20-16-12-11-14-18-24-30-36-42-48-54-62(3)4/h61-64H,7-60H2,1-6H3/t64-/m1/s1. The predicted molar refractivity (Wildman–Crippen MR) is 316 cm³/mol. The maximum Gasteiger partial charge on any atom is 0.306 e. The molecule has 0 aliphatic carbocycles. The minimum Gasteiger partial charge on any atom is -0.462 e. The van der Waals surface area contributed by atoms with Gasteiger partial charge in [-0.3, -0.25) is 14.4 Å². The maximum atomic E-state index is 12.9. The van der Waals surface area contributed by atoms with Gasteiger partial charge in [-0.25, -0.2) is 0 Å². The van der Waals surface area contributed by atoms with Gasteiger partial charge >= 0.3 is 17.9 Å². The monoisotopic (exact) mass is 1030 g/mol. The van der Waals surface area contributed by atoms with Gasteiger partial charge in [0.25, 0.3) is 0 Å². The number of unbranched alkanes of at least 4 members (excludes halogenated alkanes) is 43. The zero-order valence-corrected chi connectivity index (χ0v) is 50.4. The first-order valence-corrected chi connectivity index (χ1v) is 33.1. The highest BCUT2D eigenvalue weighted by atomic mass is 16.6. The molecule has 0 fully saturated rings. The second-order valence-electron chi connectivity index (χ2n) is 24.5. The van der Waals surface area contributed by atoms with Gasteiger partial charge < -0.3 is 14.2 Å². The van der Waals surface area contributed by atoms with Crippen LogP contribution in [0.2, 0.25) is 0 Å². The quantitative estimate of drug-likeness (QED) is 0.0343. The molecule has 6 nitrogen and oxygen atoms in total. The summed E-state index contributed by atoms with van der Waals surface area (Å²) in [6.45, 7) is 13.8. The Bertz CT molecular complexity index is 1130. The number of ether oxygens (including phenoxy) is 3. The molecule has 0 aliphatic heterocycles. The van der Waals surface area contributed by atoms with Crippen LogP contribution in [0.3, 0.4) is 0 Å². The third kappa shape index (κ3) is 61.1. The fourth-order valence-corrected chi connectivity index (χ4v) is 10.4. The van der Waals surface area contributed by atoms with E-state index < -0.39 is 6.10 Å². The summed E-state index contributed by atoms with van der Waals surface area (Å²) in [7, 11) is 0. The SMILES string of the molecule is CC(C)CCCCCCCCCCCCCCCCCCCCC(=O)OC[C@H](COC(=O)CCCCCCCCCCCCCCC(C)C)OC(=O)CCCCCCCCCCCCCCCCCCC(C)C. The molecule has 0 aliphatic rings. The summed E-state index contributed by atoms with van der Waals surface area (Å²) in [5, 5.41) is 0. The van der Waals surface area contributed by atoms with E-state index >= 15 is 0 Å². The predicted octanol–water partition coefficient (Wildman–Crippen LogP) is 22.2. The van der Waals surface area contributed by atoms with Crippen molar-refractivity contribution in [2.75, 3.05) is 13.2 Å². The van der Waals surface area contributed by atoms with Crippen molar-refractivity contribution in [3.63, 3.8) is 0 Å². The van der Waals surface area contributed by atoms with Gasteiger partial charge in [0.15, 0.2) is 6.10 Å². The van der Waals surface area contributed by atoms with Crippen molar-refractivity contribution in [3.05, 3.63) is 0 Å². The molecule has 0 bridgehead atoms. The van der Waals surface area contributed by atoms with Gasteiger partial charge in [-0.2, -0.15) is 0 Å². The lowest BCUT2D eigenvalue weighted by molar-refractivity contribution is -0.167. The van der Waals surface area contributed by atoms with Crippen molar-refractivity contribution < 1.29 is 28.6 Å². The van der Waals surface area contributed by atoms with Crippen LogP contribution >= 0.6 is 0 Å². The first-order chi connectivity index (χ1) is 35.6. The number of esters is 3. The minimum absolute atomic E-state index is 0.0623. The third-order valence-corrected chi connectivity index (χ3v) is 15.4. The smallest absolute Gasteiger partial charge is 0.306 e. The Morgan fingerprint density at radius 1 is 0.233 bits per heavy atom. The maximum absolute atomic E-state index is 12.9. The highest BCUT2D eigenvalue weighted by Crippen LogP contribution is 2.19. The van der Waals surface area contributed by atoms with E-state index in [1.165, 1.54) is 257 Å². The number of carbonyl (C=O) groups is 3. The largest absolute Gasteiger partial charge is 0.462 e. The topological polar surface area (TPSA) is 78.9 Å². The normalized spacial score (nSPS) is 12.1. The van der Waals surface area contributed by atoms with Gasteiger partial charge in [0.05, 0.1) is 0 Å². The summed E-state index contributed by atoms with van der Waals surface area (Å²) in [5.41, 5.74) is 0. The van der Waals surface area contributed by atoms with Gasteiger partial charge in [0.2, 0.25) is 0 Å². The molecule has 0 N–H and O–H groups in total. The lowest BCUT2D eigenvalue weighted by Gasteiger charge is -2.18. The third-order valence-electron chi connectivity index (χ3n) is 15.4. The number of carbonyl (C=O) groups excluding carboxylic acids is 3. The van der Waals surface area contributed by atoms with Gasteiger partial charge in [0, 0.05) is 19.3 Å². The molecule has 73 heavy (non-hydrogen) atoms. The Morgan fingerprint density at radius 3 is 0.589 bits per heavy atom. The molecule has 0 heterocycles. The van der Waals surface area contributed by atoms with E-state index in [4.69, 9.17) is 14.2 Å². The van der Waals surface area contributed by atoms with E-state index in [1.807, 2.05) is 0 Å². The van der Waals surface area contributed by atoms with Crippen LogP contribution in [0.25, 0.3) is 0 Å². The first-order valence-electron chi connectivity index (χ1n) is 33.1.